The molecule has 0 bridgehead atoms. The lowest BCUT2D eigenvalue weighted by atomic mass is 9.95. The highest BCUT2D eigenvalue weighted by Gasteiger charge is 2.31. The molecule has 0 saturated carbocycles. The Balaban J connectivity index is 1.25. The van der Waals surface area contributed by atoms with Gasteiger partial charge in [-0.1, -0.05) is 12.1 Å². The molecule has 1 aromatic heterocycles. The molecule has 2 aliphatic heterocycles. The Morgan fingerprint density at radius 2 is 1.75 bits per heavy atom. The summed E-state index contributed by atoms with van der Waals surface area (Å²) in [7, 11) is 0. The molecule has 0 N–H and O–H groups in total. The molecule has 3 heterocycles. The number of carbonyl (C=O) groups excluding carboxylic acids is 1. The molecule has 28 heavy (non-hydrogen) atoms. The minimum absolute atomic E-state index is 0.106. The Morgan fingerprint density at radius 1 is 1.04 bits per heavy atom. The molecular weight excluding hydrogens is 357 g/mol. The molecule has 0 spiro atoms. The average Bonchev–Trinajstić information content (AvgIpc) is 3.13. The van der Waals surface area contributed by atoms with Crippen molar-refractivity contribution in [3.8, 4) is 0 Å². The predicted octanol–water partition coefficient (Wildman–Crippen LogP) is 3.29. The molecule has 6 heteroatoms. The molecule has 150 valence electrons. The third-order valence-corrected chi connectivity index (χ3v) is 5.90. The summed E-state index contributed by atoms with van der Waals surface area (Å²) >= 11 is 0. The highest BCUT2D eigenvalue weighted by molar-refractivity contribution is 5.79. The van der Waals surface area contributed by atoms with Gasteiger partial charge in [-0.05, 0) is 57.1 Å². The standard InChI is InChI=1S/C22H28FN3O2/c1-17-6-7-19(28-17)16-24-10-8-18(9-11-24)22(27)26-14-12-25(13-15-26)21-5-3-2-4-20(21)23/h2-7,18H,8-16H2,1H3. The Hall–Kier alpha value is -2.34. The van der Waals surface area contributed by atoms with E-state index in [9.17, 15) is 9.18 Å². The van der Waals surface area contributed by atoms with Crippen LogP contribution in [0.15, 0.2) is 40.8 Å². The number of halogens is 1. The average molecular weight is 385 g/mol. The number of aryl methyl sites for hydroxylation is 1. The van der Waals surface area contributed by atoms with Gasteiger partial charge in [0.1, 0.15) is 17.3 Å². The highest BCUT2D eigenvalue weighted by atomic mass is 19.1. The van der Waals surface area contributed by atoms with Crippen molar-refractivity contribution in [3.63, 3.8) is 0 Å². The molecule has 1 amide bonds. The lowest BCUT2D eigenvalue weighted by Crippen LogP contribution is -2.51. The van der Waals surface area contributed by atoms with Crippen molar-refractivity contribution < 1.29 is 13.6 Å². The molecule has 1 aromatic carbocycles. The summed E-state index contributed by atoms with van der Waals surface area (Å²) in [5.41, 5.74) is 0.635. The molecule has 2 fully saturated rings. The van der Waals surface area contributed by atoms with Crippen molar-refractivity contribution in [2.75, 3.05) is 44.2 Å². The summed E-state index contributed by atoms with van der Waals surface area (Å²) in [6.45, 7) is 7.32. The summed E-state index contributed by atoms with van der Waals surface area (Å²) in [5, 5.41) is 0. The summed E-state index contributed by atoms with van der Waals surface area (Å²) in [6.07, 6.45) is 1.79. The molecule has 0 aliphatic carbocycles. The molecular formula is C22H28FN3O2. The van der Waals surface area contributed by atoms with Crippen LogP contribution in [-0.2, 0) is 11.3 Å². The molecule has 0 atom stereocenters. The fraction of sp³-hybridized carbons (Fsp3) is 0.500. The number of hydrogen-bond donors (Lipinski definition) is 0. The van der Waals surface area contributed by atoms with Crippen LogP contribution >= 0.6 is 0 Å². The topological polar surface area (TPSA) is 39.9 Å². The minimum atomic E-state index is -0.193. The van der Waals surface area contributed by atoms with E-state index in [1.165, 1.54) is 6.07 Å². The Labute approximate surface area is 165 Å². The van der Waals surface area contributed by atoms with Crippen LogP contribution in [-0.4, -0.2) is 55.0 Å². The summed E-state index contributed by atoms with van der Waals surface area (Å²) < 4.78 is 19.6. The third-order valence-electron chi connectivity index (χ3n) is 5.90. The van der Waals surface area contributed by atoms with Crippen LogP contribution in [0.5, 0.6) is 0 Å². The van der Waals surface area contributed by atoms with Crippen LogP contribution in [0.4, 0.5) is 10.1 Å². The Bertz CT molecular complexity index is 806. The van der Waals surface area contributed by atoms with E-state index in [1.807, 2.05) is 41.0 Å². The summed E-state index contributed by atoms with van der Waals surface area (Å²) in [5.74, 6) is 2.11. The first-order chi connectivity index (χ1) is 13.6. The van der Waals surface area contributed by atoms with Crippen molar-refractivity contribution in [2.24, 2.45) is 5.92 Å². The van der Waals surface area contributed by atoms with Crippen molar-refractivity contribution in [1.29, 1.82) is 0 Å². The maximum atomic E-state index is 14.0. The minimum Gasteiger partial charge on any atom is -0.465 e. The van der Waals surface area contributed by atoms with Gasteiger partial charge in [0.05, 0.1) is 12.2 Å². The number of furan rings is 1. The van der Waals surface area contributed by atoms with Crippen molar-refractivity contribution in [1.82, 2.24) is 9.80 Å². The number of hydrogen-bond acceptors (Lipinski definition) is 4. The largest absolute Gasteiger partial charge is 0.465 e. The molecule has 4 rings (SSSR count). The van der Waals surface area contributed by atoms with Gasteiger partial charge in [-0.15, -0.1) is 0 Å². The van der Waals surface area contributed by atoms with E-state index in [0.29, 0.717) is 31.9 Å². The van der Waals surface area contributed by atoms with Gasteiger partial charge < -0.3 is 14.2 Å². The second-order valence-corrected chi connectivity index (χ2v) is 7.83. The fourth-order valence-corrected chi connectivity index (χ4v) is 4.26. The van der Waals surface area contributed by atoms with Crippen molar-refractivity contribution in [2.45, 2.75) is 26.3 Å². The zero-order valence-electron chi connectivity index (χ0n) is 16.4. The van der Waals surface area contributed by atoms with Gasteiger partial charge in [0.15, 0.2) is 0 Å². The predicted molar refractivity (Wildman–Crippen MR) is 107 cm³/mol. The van der Waals surface area contributed by atoms with Gasteiger partial charge in [-0.2, -0.15) is 0 Å². The summed E-state index contributed by atoms with van der Waals surface area (Å²) in [6, 6.07) is 10.9. The number of nitrogens with zero attached hydrogens (tertiary/aromatic N) is 3. The normalized spacial score (nSPS) is 19.2. The fourth-order valence-electron chi connectivity index (χ4n) is 4.26. The van der Waals surface area contributed by atoms with E-state index >= 15 is 0 Å². The van der Waals surface area contributed by atoms with E-state index in [4.69, 9.17) is 4.42 Å². The van der Waals surface area contributed by atoms with E-state index < -0.39 is 0 Å². The Morgan fingerprint density at radius 3 is 2.39 bits per heavy atom. The number of rotatable bonds is 4. The van der Waals surface area contributed by atoms with Crippen LogP contribution < -0.4 is 4.90 Å². The molecule has 2 saturated heterocycles. The SMILES string of the molecule is Cc1ccc(CN2CCC(C(=O)N3CCN(c4ccccc4F)CC3)CC2)o1. The second-order valence-electron chi connectivity index (χ2n) is 7.83. The first kappa shape index (κ1) is 19.0. The van der Waals surface area contributed by atoms with Crippen molar-refractivity contribution in [3.05, 3.63) is 53.7 Å². The first-order valence-corrected chi connectivity index (χ1v) is 10.2. The number of amides is 1. The number of anilines is 1. The van der Waals surface area contributed by atoms with Crippen LogP contribution in [0.3, 0.4) is 0 Å². The number of piperidine rings is 1. The van der Waals surface area contributed by atoms with E-state index in [2.05, 4.69) is 4.90 Å². The number of para-hydroxylation sites is 1. The van der Waals surface area contributed by atoms with Gasteiger partial charge in [-0.3, -0.25) is 9.69 Å². The maximum Gasteiger partial charge on any atom is 0.225 e. The molecule has 0 unspecified atom stereocenters. The number of likely N-dealkylation sites (tertiary alicyclic amines) is 1. The molecule has 5 nitrogen and oxygen atoms in total. The van der Waals surface area contributed by atoms with Gasteiger partial charge in [0.25, 0.3) is 0 Å². The lowest BCUT2D eigenvalue weighted by Gasteiger charge is -2.39. The molecule has 2 aliphatic rings. The van der Waals surface area contributed by atoms with Gasteiger partial charge >= 0.3 is 0 Å². The van der Waals surface area contributed by atoms with Gasteiger partial charge in [0.2, 0.25) is 5.91 Å². The number of carbonyl (C=O) groups is 1. The zero-order chi connectivity index (χ0) is 19.5. The smallest absolute Gasteiger partial charge is 0.225 e. The highest BCUT2D eigenvalue weighted by Crippen LogP contribution is 2.24. The first-order valence-electron chi connectivity index (χ1n) is 10.2. The van der Waals surface area contributed by atoms with E-state index in [1.54, 1.807) is 6.07 Å². The lowest BCUT2D eigenvalue weighted by molar-refractivity contribution is -0.137. The molecule has 2 aromatic rings. The van der Waals surface area contributed by atoms with Crippen LogP contribution in [0.2, 0.25) is 0 Å². The van der Waals surface area contributed by atoms with Crippen LogP contribution in [0.25, 0.3) is 0 Å². The van der Waals surface area contributed by atoms with Gasteiger partial charge in [-0.25, -0.2) is 4.39 Å². The van der Waals surface area contributed by atoms with E-state index in [0.717, 1.165) is 44.0 Å². The maximum absolute atomic E-state index is 14.0. The van der Waals surface area contributed by atoms with E-state index in [-0.39, 0.29) is 17.6 Å². The summed E-state index contributed by atoms with van der Waals surface area (Å²) in [4.78, 5) is 19.3. The van der Waals surface area contributed by atoms with Crippen LogP contribution in [0, 0.1) is 18.7 Å². The quantitative estimate of drug-likeness (QED) is 0.810. The third kappa shape index (κ3) is 4.22. The van der Waals surface area contributed by atoms with Gasteiger partial charge in [0, 0.05) is 32.1 Å². The van der Waals surface area contributed by atoms with Crippen molar-refractivity contribution >= 4 is 11.6 Å². The van der Waals surface area contributed by atoms with Crippen LogP contribution in [0.1, 0.15) is 24.4 Å². The molecule has 0 radical (unpaired) electrons. The monoisotopic (exact) mass is 385 g/mol. The zero-order valence-corrected chi connectivity index (χ0v) is 16.4. The Kier molecular flexibility index (Phi) is 5.67. The number of piperazine rings is 1. The second kappa shape index (κ2) is 8.35. The number of benzene rings is 1.